The normalized spacial score (nSPS) is 13.8. The molecule has 0 aromatic heterocycles. The number of aldehydes is 1. The number of nitrogens with zero attached hydrogens (tertiary/aromatic N) is 1. The molecule has 2 nitrogen and oxygen atoms in total. The summed E-state index contributed by atoms with van der Waals surface area (Å²) in [6, 6.07) is 20.7. The van der Waals surface area contributed by atoms with Crippen molar-refractivity contribution in [2.45, 2.75) is 39.4 Å². The molecule has 2 unspecified atom stereocenters. The zero-order chi connectivity index (χ0) is 15.8. The third-order valence-electron chi connectivity index (χ3n) is 4.25. The van der Waals surface area contributed by atoms with Gasteiger partial charge in [-0.05, 0) is 17.0 Å². The van der Waals surface area contributed by atoms with Crippen LogP contribution in [0.15, 0.2) is 60.7 Å². The summed E-state index contributed by atoms with van der Waals surface area (Å²) in [5.74, 6) is 0.352. The number of carbonyl (C=O) groups excluding carboxylic acids is 1. The largest absolute Gasteiger partial charge is 0.302 e. The highest BCUT2D eigenvalue weighted by Crippen LogP contribution is 2.19. The Labute approximate surface area is 133 Å². The van der Waals surface area contributed by atoms with Gasteiger partial charge in [0.05, 0.1) is 6.04 Å². The Morgan fingerprint density at radius 1 is 0.909 bits per heavy atom. The monoisotopic (exact) mass is 295 g/mol. The molecule has 0 spiro atoms. The van der Waals surface area contributed by atoms with E-state index in [0.29, 0.717) is 5.92 Å². The Balaban J connectivity index is 2.21. The number of hydrogen-bond acceptors (Lipinski definition) is 2. The first-order valence-corrected chi connectivity index (χ1v) is 8.01. The van der Waals surface area contributed by atoms with Crippen LogP contribution in [-0.2, 0) is 17.9 Å². The molecule has 2 aromatic carbocycles. The summed E-state index contributed by atoms with van der Waals surface area (Å²) in [7, 11) is 0. The minimum Gasteiger partial charge on any atom is -0.302 e. The van der Waals surface area contributed by atoms with Crippen molar-refractivity contribution in [3.05, 3.63) is 71.8 Å². The van der Waals surface area contributed by atoms with Crippen LogP contribution in [0.25, 0.3) is 0 Å². The van der Waals surface area contributed by atoms with Crippen molar-refractivity contribution in [3.8, 4) is 0 Å². The van der Waals surface area contributed by atoms with E-state index in [1.165, 1.54) is 11.1 Å². The third-order valence-corrected chi connectivity index (χ3v) is 4.25. The van der Waals surface area contributed by atoms with Gasteiger partial charge in [-0.3, -0.25) is 4.90 Å². The van der Waals surface area contributed by atoms with E-state index < -0.39 is 0 Å². The van der Waals surface area contributed by atoms with E-state index in [-0.39, 0.29) is 6.04 Å². The SMILES string of the molecule is CCC(C)C(C=O)N(Cc1ccccc1)Cc1ccccc1. The highest BCUT2D eigenvalue weighted by molar-refractivity contribution is 5.58. The van der Waals surface area contributed by atoms with E-state index in [1.807, 2.05) is 12.1 Å². The van der Waals surface area contributed by atoms with E-state index in [2.05, 4.69) is 67.3 Å². The molecule has 2 rings (SSSR count). The maximum atomic E-state index is 11.7. The summed E-state index contributed by atoms with van der Waals surface area (Å²) in [6.07, 6.45) is 2.11. The van der Waals surface area contributed by atoms with E-state index in [0.717, 1.165) is 25.8 Å². The van der Waals surface area contributed by atoms with Gasteiger partial charge in [0.25, 0.3) is 0 Å². The molecule has 0 aliphatic heterocycles. The minimum atomic E-state index is -0.0505. The minimum absolute atomic E-state index is 0.0505. The van der Waals surface area contributed by atoms with Crippen LogP contribution in [0.5, 0.6) is 0 Å². The summed E-state index contributed by atoms with van der Waals surface area (Å²) in [4.78, 5) is 14.0. The van der Waals surface area contributed by atoms with Gasteiger partial charge in [-0.15, -0.1) is 0 Å². The van der Waals surface area contributed by atoms with Gasteiger partial charge in [0, 0.05) is 13.1 Å². The summed E-state index contributed by atoms with van der Waals surface area (Å²) < 4.78 is 0. The molecular weight excluding hydrogens is 270 g/mol. The Morgan fingerprint density at radius 3 is 1.73 bits per heavy atom. The van der Waals surface area contributed by atoms with Crippen molar-refractivity contribution >= 4 is 6.29 Å². The molecule has 0 amide bonds. The van der Waals surface area contributed by atoms with Gasteiger partial charge in [0.15, 0.2) is 0 Å². The van der Waals surface area contributed by atoms with E-state index >= 15 is 0 Å². The molecule has 2 atom stereocenters. The van der Waals surface area contributed by atoms with Gasteiger partial charge < -0.3 is 4.79 Å². The Hall–Kier alpha value is -1.93. The lowest BCUT2D eigenvalue weighted by Gasteiger charge is -2.32. The fourth-order valence-corrected chi connectivity index (χ4v) is 2.72. The van der Waals surface area contributed by atoms with Crippen LogP contribution in [0.3, 0.4) is 0 Å². The molecule has 0 saturated carbocycles. The predicted octanol–water partition coefficient (Wildman–Crippen LogP) is 4.30. The third kappa shape index (κ3) is 4.54. The van der Waals surface area contributed by atoms with Gasteiger partial charge in [-0.25, -0.2) is 0 Å². The second kappa shape index (κ2) is 8.50. The molecule has 2 aromatic rings. The van der Waals surface area contributed by atoms with E-state index in [1.54, 1.807) is 0 Å². The molecule has 0 saturated heterocycles. The highest BCUT2D eigenvalue weighted by atomic mass is 16.1. The number of benzene rings is 2. The zero-order valence-electron chi connectivity index (χ0n) is 13.5. The number of carbonyl (C=O) groups is 1. The molecule has 0 bridgehead atoms. The molecule has 116 valence electrons. The first kappa shape index (κ1) is 16.4. The fraction of sp³-hybridized carbons (Fsp3) is 0.350. The van der Waals surface area contributed by atoms with Crippen molar-refractivity contribution in [1.82, 2.24) is 4.90 Å². The Kier molecular flexibility index (Phi) is 6.35. The Bertz CT molecular complexity index is 511. The maximum Gasteiger partial charge on any atom is 0.137 e. The average Bonchev–Trinajstić information content (AvgIpc) is 2.57. The van der Waals surface area contributed by atoms with Crippen LogP contribution in [0, 0.1) is 5.92 Å². The molecule has 0 radical (unpaired) electrons. The second-order valence-corrected chi connectivity index (χ2v) is 5.89. The lowest BCUT2D eigenvalue weighted by atomic mass is 9.97. The van der Waals surface area contributed by atoms with Crippen LogP contribution >= 0.6 is 0 Å². The van der Waals surface area contributed by atoms with Crippen LogP contribution < -0.4 is 0 Å². The standard InChI is InChI=1S/C20H25NO/c1-3-17(2)20(16-22)21(14-18-10-6-4-7-11-18)15-19-12-8-5-9-13-19/h4-13,16-17,20H,3,14-15H2,1-2H3. The van der Waals surface area contributed by atoms with Gasteiger partial charge in [-0.1, -0.05) is 80.9 Å². The summed E-state index contributed by atoms with van der Waals surface area (Å²) in [5.41, 5.74) is 2.49. The predicted molar refractivity (Wildman–Crippen MR) is 91.4 cm³/mol. The molecule has 0 N–H and O–H groups in total. The molecule has 0 aliphatic rings. The molecule has 0 fully saturated rings. The zero-order valence-corrected chi connectivity index (χ0v) is 13.5. The molecule has 0 heterocycles. The van der Waals surface area contributed by atoms with Crippen molar-refractivity contribution in [3.63, 3.8) is 0 Å². The summed E-state index contributed by atoms with van der Waals surface area (Å²) in [6.45, 7) is 5.89. The second-order valence-electron chi connectivity index (χ2n) is 5.89. The molecule has 0 aliphatic carbocycles. The van der Waals surface area contributed by atoms with Crippen LogP contribution in [-0.4, -0.2) is 17.2 Å². The topological polar surface area (TPSA) is 20.3 Å². The van der Waals surface area contributed by atoms with Gasteiger partial charge in [0.2, 0.25) is 0 Å². The fourth-order valence-electron chi connectivity index (χ4n) is 2.72. The molecule has 22 heavy (non-hydrogen) atoms. The molecule has 2 heteroatoms. The lowest BCUT2D eigenvalue weighted by molar-refractivity contribution is -0.114. The van der Waals surface area contributed by atoms with Gasteiger partial charge in [0.1, 0.15) is 6.29 Å². The van der Waals surface area contributed by atoms with Crippen LogP contribution in [0.1, 0.15) is 31.4 Å². The number of rotatable bonds is 8. The smallest absolute Gasteiger partial charge is 0.137 e. The first-order valence-electron chi connectivity index (χ1n) is 8.01. The van der Waals surface area contributed by atoms with Crippen molar-refractivity contribution in [2.24, 2.45) is 5.92 Å². The number of hydrogen-bond donors (Lipinski definition) is 0. The summed E-state index contributed by atoms with van der Waals surface area (Å²) >= 11 is 0. The van der Waals surface area contributed by atoms with Crippen molar-refractivity contribution in [2.75, 3.05) is 0 Å². The summed E-state index contributed by atoms with van der Waals surface area (Å²) in [5, 5.41) is 0. The lowest BCUT2D eigenvalue weighted by Crippen LogP contribution is -2.40. The quantitative estimate of drug-likeness (QED) is 0.677. The Morgan fingerprint density at radius 2 is 1.36 bits per heavy atom. The maximum absolute atomic E-state index is 11.7. The van der Waals surface area contributed by atoms with Crippen LogP contribution in [0.4, 0.5) is 0 Å². The first-order chi connectivity index (χ1) is 10.7. The highest BCUT2D eigenvalue weighted by Gasteiger charge is 2.23. The van der Waals surface area contributed by atoms with Gasteiger partial charge >= 0.3 is 0 Å². The molecular formula is C20H25NO. The van der Waals surface area contributed by atoms with E-state index in [4.69, 9.17) is 0 Å². The van der Waals surface area contributed by atoms with Crippen molar-refractivity contribution in [1.29, 1.82) is 0 Å². The van der Waals surface area contributed by atoms with Crippen molar-refractivity contribution < 1.29 is 4.79 Å². The average molecular weight is 295 g/mol. The van der Waals surface area contributed by atoms with E-state index in [9.17, 15) is 4.79 Å². The van der Waals surface area contributed by atoms with Gasteiger partial charge in [-0.2, -0.15) is 0 Å². The van der Waals surface area contributed by atoms with Crippen LogP contribution in [0.2, 0.25) is 0 Å².